The van der Waals surface area contributed by atoms with Crippen LogP contribution in [0.1, 0.15) is 10.4 Å². The molecule has 0 radical (unpaired) electrons. The molecule has 2 rings (SSSR count). The highest BCUT2D eigenvalue weighted by Gasteiger charge is 2.18. The number of ketones is 1. The summed E-state index contributed by atoms with van der Waals surface area (Å²) in [5.41, 5.74) is 0.113. The summed E-state index contributed by atoms with van der Waals surface area (Å²) in [6.07, 6.45) is 0. The number of benzene rings is 2. The molecule has 0 saturated heterocycles. The summed E-state index contributed by atoms with van der Waals surface area (Å²) in [4.78, 5) is 21.3. The third-order valence-electron chi connectivity index (χ3n) is 2.85. The summed E-state index contributed by atoms with van der Waals surface area (Å²) >= 11 is 5.90. The van der Waals surface area contributed by atoms with Crippen LogP contribution < -0.4 is 4.72 Å². The van der Waals surface area contributed by atoms with Gasteiger partial charge in [-0.2, -0.15) is 0 Å². The molecule has 0 aliphatic carbocycles. The van der Waals surface area contributed by atoms with Gasteiger partial charge in [0.25, 0.3) is 16.6 Å². The average molecular weight is 355 g/mol. The van der Waals surface area contributed by atoms with Crippen LogP contribution in [0.25, 0.3) is 0 Å². The van der Waals surface area contributed by atoms with Crippen LogP contribution >= 0.6 is 11.6 Å². The van der Waals surface area contributed by atoms with E-state index in [1.54, 1.807) is 18.2 Å². The minimum absolute atomic E-state index is 0.0361. The van der Waals surface area contributed by atoms with Gasteiger partial charge in [0.1, 0.15) is 0 Å². The third kappa shape index (κ3) is 4.27. The second kappa shape index (κ2) is 6.76. The maximum absolute atomic E-state index is 12.2. The molecule has 9 heteroatoms. The predicted octanol–water partition coefficient (Wildman–Crippen LogP) is 2.60. The van der Waals surface area contributed by atoms with E-state index in [2.05, 4.69) is 4.72 Å². The number of hydrogen-bond donors (Lipinski definition) is 1. The van der Waals surface area contributed by atoms with Crippen LogP contribution in [0.3, 0.4) is 0 Å². The van der Waals surface area contributed by atoms with Crippen molar-refractivity contribution in [2.45, 2.75) is 4.90 Å². The van der Waals surface area contributed by atoms with Crippen LogP contribution in [0.5, 0.6) is 0 Å². The van der Waals surface area contributed by atoms with Crippen LogP contribution in [0.2, 0.25) is 5.02 Å². The van der Waals surface area contributed by atoms with E-state index in [9.17, 15) is 23.3 Å². The lowest BCUT2D eigenvalue weighted by molar-refractivity contribution is -0.465. The second-order valence-electron chi connectivity index (χ2n) is 4.53. The lowest BCUT2D eigenvalue weighted by atomic mass is 10.1. The molecule has 0 aliphatic heterocycles. The monoisotopic (exact) mass is 354 g/mol. The highest BCUT2D eigenvalue weighted by molar-refractivity contribution is 7.92. The van der Waals surface area contributed by atoms with Gasteiger partial charge in [-0.05, 0) is 30.3 Å². The average Bonchev–Trinajstić information content (AvgIpc) is 2.47. The van der Waals surface area contributed by atoms with Crippen molar-refractivity contribution in [1.82, 2.24) is 0 Å². The Bertz CT molecular complexity index is 853. The normalized spacial score (nSPS) is 11.0. The van der Waals surface area contributed by atoms with Crippen LogP contribution in [-0.2, 0) is 10.0 Å². The molecule has 7 nitrogen and oxygen atoms in total. The molecule has 0 spiro atoms. The zero-order chi connectivity index (χ0) is 17.0. The molecule has 0 bridgehead atoms. The van der Waals surface area contributed by atoms with E-state index in [1.807, 2.05) is 0 Å². The first-order chi connectivity index (χ1) is 10.8. The maximum atomic E-state index is 12.2. The van der Waals surface area contributed by atoms with Gasteiger partial charge in [-0.15, -0.1) is 0 Å². The van der Waals surface area contributed by atoms with E-state index < -0.39 is 27.3 Å². The number of carbonyl (C=O) groups excluding carboxylic acids is 1. The number of sulfonamides is 1. The molecule has 2 aromatic rings. The van der Waals surface area contributed by atoms with Crippen molar-refractivity contribution in [2.24, 2.45) is 0 Å². The maximum Gasteiger partial charge on any atom is 0.265 e. The van der Waals surface area contributed by atoms with E-state index in [-0.39, 0.29) is 21.2 Å². The Hall–Kier alpha value is -2.45. The van der Waals surface area contributed by atoms with Gasteiger partial charge in [-0.1, -0.05) is 29.8 Å². The van der Waals surface area contributed by atoms with Crippen molar-refractivity contribution in [3.05, 3.63) is 69.2 Å². The van der Waals surface area contributed by atoms with Crippen LogP contribution in [0.15, 0.2) is 53.4 Å². The number of Topliss-reactive ketones (excluding diaryl/α,β-unsaturated/α-hetero) is 1. The van der Waals surface area contributed by atoms with Crippen molar-refractivity contribution in [2.75, 3.05) is 11.3 Å². The topological polar surface area (TPSA) is 106 Å². The van der Waals surface area contributed by atoms with Gasteiger partial charge in [0.05, 0.1) is 15.6 Å². The molecular formula is C14H11ClN2O5S. The molecular weight excluding hydrogens is 344 g/mol. The molecule has 0 saturated carbocycles. The van der Waals surface area contributed by atoms with Gasteiger partial charge < -0.3 is 0 Å². The zero-order valence-corrected chi connectivity index (χ0v) is 13.2. The predicted molar refractivity (Wildman–Crippen MR) is 84.9 cm³/mol. The van der Waals surface area contributed by atoms with E-state index in [1.165, 1.54) is 30.3 Å². The molecule has 0 fully saturated rings. The Morgan fingerprint density at radius 3 is 2.39 bits per heavy atom. The Morgan fingerprint density at radius 2 is 1.83 bits per heavy atom. The number of rotatable bonds is 6. The highest BCUT2D eigenvalue weighted by atomic mass is 35.5. The van der Waals surface area contributed by atoms with E-state index in [0.29, 0.717) is 0 Å². The lowest BCUT2D eigenvalue weighted by Gasteiger charge is -2.09. The van der Waals surface area contributed by atoms with Gasteiger partial charge in [0.2, 0.25) is 5.78 Å². The molecule has 0 heterocycles. The number of anilines is 1. The van der Waals surface area contributed by atoms with E-state index in [4.69, 9.17) is 11.6 Å². The largest absolute Gasteiger partial charge is 0.287 e. The smallest absolute Gasteiger partial charge is 0.265 e. The fourth-order valence-corrected chi connectivity index (χ4v) is 3.18. The SMILES string of the molecule is O=C(C[N+](=O)[O-])c1ccc(NS(=O)(=O)c2ccccc2)cc1Cl. The third-order valence-corrected chi connectivity index (χ3v) is 4.56. The van der Waals surface area contributed by atoms with Crippen LogP contribution in [0, 0.1) is 10.1 Å². The van der Waals surface area contributed by atoms with Gasteiger partial charge in [-0.25, -0.2) is 8.42 Å². The Kier molecular flexibility index (Phi) is 4.97. The van der Waals surface area contributed by atoms with Crippen molar-refractivity contribution >= 4 is 33.1 Å². The molecule has 1 N–H and O–H groups in total. The summed E-state index contributed by atoms with van der Waals surface area (Å²) in [6.45, 7) is -0.880. The van der Waals surface area contributed by atoms with Crippen LogP contribution in [0.4, 0.5) is 5.69 Å². The van der Waals surface area contributed by atoms with Gasteiger partial charge in [-0.3, -0.25) is 19.6 Å². The molecule has 2 aromatic carbocycles. The van der Waals surface area contributed by atoms with E-state index in [0.717, 1.165) is 0 Å². The molecule has 0 unspecified atom stereocenters. The summed E-state index contributed by atoms with van der Waals surface area (Å²) < 4.78 is 26.7. The fourth-order valence-electron chi connectivity index (χ4n) is 1.82. The highest BCUT2D eigenvalue weighted by Crippen LogP contribution is 2.23. The standard InChI is InChI=1S/C14H11ClN2O5S/c15-13-8-10(6-7-12(13)14(18)9-17(19)20)16-23(21,22)11-4-2-1-3-5-11/h1-8,16H,9H2. The number of hydrogen-bond acceptors (Lipinski definition) is 5. The van der Waals surface area contributed by atoms with Crippen molar-refractivity contribution in [3.63, 3.8) is 0 Å². The Morgan fingerprint density at radius 1 is 1.17 bits per heavy atom. The van der Waals surface area contributed by atoms with E-state index >= 15 is 0 Å². The summed E-state index contributed by atoms with van der Waals surface area (Å²) in [5, 5.41) is 10.3. The minimum Gasteiger partial charge on any atom is -0.287 e. The first-order valence-corrected chi connectivity index (χ1v) is 8.18. The van der Waals surface area contributed by atoms with Crippen molar-refractivity contribution in [1.29, 1.82) is 0 Å². The molecule has 0 aromatic heterocycles. The minimum atomic E-state index is -3.78. The van der Waals surface area contributed by atoms with Crippen molar-refractivity contribution in [3.8, 4) is 0 Å². The quantitative estimate of drug-likeness (QED) is 0.487. The number of halogens is 1. The first-order valence-electron chi connectivity index (χ1n) is 6.32. The van der Waals surface area contributed by atoms with Crippen molar-refractivity contribution < 1.29 is 18.1 Å². The Labute approximate surface area is 137 Å². The first kappa shape index (κ1) is 16.9. The summed E-state index contributed by atoms with van der Waals surface area (Å²) in [6, 6.07) is 11.5. The summed E-state index contributed by atoms with van der Waals surface area (Å²) in [5.74, 6) is -0.752. The van der Waals surface area contributed by atoms with Gasteiger partial charge in [0.15, 0.2) is 0 Å². The Balaban J connectivity index is 2.24. The fraction of sp³-hybridized carbons (Fsp3) is 0.0714. The summed E-state index contributed by atoms with van der Waals surface area (Å²) in [7, 11) is -3.78. The van der Waals surface area contributed by atoms with Gasteiger partial charge in [0, 0.05) is 10.5 Å². The molecule has 0 atom stereocenters. The number of nitrogens with zero attached hydrogens (tertiary/aromatic N) is 1. The number of nitro groups is 1. The molecule has 23 heavy (non-hydrogen) atoms. The lowest BCUT2D eigenvalue weighted by Crippen LogP contribution is -2.15. The van der Waals surface area contributed by atoms with Crippen LogP contribution in [-0.4, -0.2) is 25.7 Å². The number of nitrogens with one attached hydrogen (secondary N) is 1. The van der Waals surface area contributed by atoms with Gasteiger partial charge >= 0.3 is 0 Å². The molecule has 120 valence electrons. The number of carbonyl (C=O) groups is 1. The molecule has 0 aliphatic rings. The second-order valence-corrected chi connectivity index (χ2v) is 6.62. The molecule has 0 amide bonds. The zero-order valence-electron chi connectivity index (χ0n) is 11.6.